The molecule has 2 aliphatic heterocycles. The summed E-state index contributed by atoms with van der Waals surface area (Å²) in [4.78, 5) is 35.4. The Bertz CT molecular complexity index is 1660. The summed E-state index contributed by atoms with van der Waals surface area (Å²) in [5, 5.41) is 6.54. The van der Waals surface area contributed by atoms with Gasteiger partial charge in [-0.1, -0.05) is 18.3 Å². The zero-order valence-electron chi connectivity index (χ0n) is 21.4. The topological polar surface area (TPSA) is 244 Å². The van der Waals surface area contributed by atoms with Gasteiger partial charge < -0.3 is 35.5 Å². The summed E-state index contributed by atoms with van der Waals surface area (Å²) < 4.78 is 44.1. The van der Waals surface area contributed by atoms with E-state index in [0.29, 0.717) is 16.9 Å². The largest absolute Gasteiger partial charge is 0.386 e. The molecule has 42 heavy (non-hydrogen) atoms. The molecule has 0 radical (unpaired) electrons. The fourth-order valence-corrected chi connectivity index (χ4v) is 8.42. The van der Waals surface area contributed by atoms with Gasteiger partial charge in [-0.2, -0.15) is 5.11 Å². The number of carbonyl (C=O) groups excluding carboxylic acids is 1. The number of aromatic nitrogens is 4. The molecule has 4 heterocycles. The zero-order chi connectivity index (χ0) is 29.8. The Kier molecular flexibility index (Phi) is 7.84. The number of hydrogen-bond donors (Lipinski definition) is 6. The van der Waals surface area contributed by atoms with E-state index in [1.165, 1.54) is 18.7 Å². The van der Waals surface area contributed by atoms with E-state index in [1.807, 2.05) is 0 Å². The standard InChI is InChI=1S/C21H25N9O8P2S2/c22-18-16-20(26-7-25-18)30(8-27-16)21-14-4-9(35-21)6-34-39(32,41)38-17-12(5-13(17)36-40(33,42)37-14)28-11-3-1-2-10(19(23)31)15(11)29-24/h1-3,7-9,12-14,17,21,24,28H,4-6H2,(H2,23,31)(H,32,41)(H,33,42)(H2,22,25,26)/t9-,12+,13-,14+,17-,21+,39?,40?/m0/s1. The maximum absolute atomic E-state index is 13.3. The van der Waals surface area contributed by atoms with Crippen LogP contribution in [0.15, 0.2) is 36.0 Å². The lowest BCUT2D eigenvalue weighted by molar-refractivity contribution is -0.0520. The van der Waals surface area contributed by atoms with Gasteiger partial charge in [0.2, 0.25) is 0 Å². The van der Waals surface area contributed by atoms with Gasteiger partial charge >= 0.3 is 13.5 Å². The van der Waals surface area contributed by atoms with Crippen molar-refractivity contribution < 1.29 is 37.1 Å². The van der Waals surface area contributed by atoms with Crippen molar-refractivity contribution in [2.45, 2.75) is 49.5 Å². The van der Waals surface area contributed by atoms with Crippen LogP contribution in [0.1, 0.15) is 29.4 Å². The van der Waals surface area contributed by atoms with Gasteiger partial charge in [-0.15, -0.1) is 0 Å². The first kappa shape index (κ1) is 29.5. The third-order valence-electron chi connectivity index (χ3n) is 7.03. The lowest BCUT2D eigenvalue weighted by Gasteiger charge is -2.45. The summed E-state index contributed by atoms with van der Waals surface area (Å²) in [5.74, 6) is -0.587. The van der Waals surface area contributed by atoms with E-state index < -0.39 is 56.1 Å². The number of hydrogen-bond acceptors (Lipinski definition) is 15. The first-order chi connectivity index (χ1) is 19.9. The quantitative estimate of drug-likeness (QED) is 0.131. The van der Waals surface area contributed by atoms with E-state index in [-0.39, 0.29) is 36.5 Å². The van der Waals surface area contributed by atoms with Gasteiger partial charge in [-0.3, -0.25) is 18.4 Å². The number of rotatable bonds is 5. The number of amides is 1. The van der Waals surface area contributed by atoms with Crippen LogP contribution in [0.2, 0.25) is 0 Å². The monoisotopic (exact) mass is 657 g/mol. The van der Waals surface area contributed by atoms with Crippen molar-refractivity contribution in [1.82, 2.24) is 19.5 Å². The summed E-state index contributed by atoms with van der Waals surface area (Å²) >= 11 is 9.52. The van der Waals surface area contributed by atoms with Gasteiger partial charge in [0.05, 0.1) is 42.4 Å². The minimum Gasteiger partial charge on any atom is -0.382 e. The van der Waals surface area contributed by atoms with Crippen LogP contribution in [0.3, 0.4) is 0 Å². The molecule has 3 aliphatic rings. The van der Waals surface area contributed by atoms with Crippen LogP contribution in [-0.2, 0) is 39.2 Å². The molecule has 3 aromatic rings. The molecule has 21 heteroatoms. The van der Waals surface area contributed by atoms with E-state index in [2.05, 4.69) is 37.6 Å². The molecule has 1 aromatic carbocycles. The number of thiol groups is 1. The molecule has 3 fully saturated rings. The molecule has 1 aliphatic carbocycles. The van der Waals surface area contributed by atoms with E-state index in [0.717, 1.165) is 0 Å². The highest BCUT2D eigenvalue weighted by molar-refractivity contribution is 8.44. The van der Waals surface area contributed by atoms with Crippen LogP contribution in [0.25, 0.3) is 11.2 Å². The highest BCUT2D eigenvalue weighted by atomic mass is 32.7. The molecule has 2 aromatic heterocycles. The lowest BCUT2D eigenvalue weighted by Crippen LogP contribution is -2.56. The van der Waals surface area contributed by atoms with Crippen molar-refractivity contribution in [3.63, 3.8) is 0 Å². The Balaban J connectivity index is 1.26. The van der Waals surface area contributed by atoms with Gasteiger partial charge in [0.15, 0.2) is 17.7 Å². The van der Waals surface area contributed by atoms with Crippen LogP contribution < -0.4 is 16.8 Å². The molecule has 2 unspecified atom stereocenters. The predicted octanol–water partition coefficient (Wildman–Crippen LogP) is 2.78. The fraction of sp³-hybridized carbons (Fsp3) is 0.429. The molecule has 1 amide bonds. The maximum Gasteiger partial charge on any atom is 0.386 e. The van der Waals surface area contributed by atoms with Gasteiger partial charge in [-0.05, 0) is 30.4 Å². The van der Waals surface area contributed by atoms with Crippen molar-refractivity contribution in [3.05, 3.63) is 36.4 Å². The number of nitrogens with zero attached hydrogens (tertiary/aromatic N) is 5. The number of benzene rings is 1. The molecule has 224 valence electrons. The van der Waals surface area contributed by atoms with Gasteiger partial charge in [0, 0.05) is 6.42 Å². The van der Waals surface area contributed by atoms with Crippen molar-refractivity contribution in [3.8, 4) is 0 Å². The molecule has 2 bridgehead atoms. The fourth-order valence-electron chi connectivity index (χ4n) is 5.09. The predicted molar refractivity (Wildman–Crippen MR) is 154 cm³/mol. The van der Waals surface area contributed by atoms with Gasteiger partial charge in [-0.25, -0.2) is 25.0 Å². The normalized spacial score (nSPS) is 34.9. The number of imidazole rings is 1. The second kappa shape index (κ2) is 11.2. The smallest absolute Gasteiger partial charge is 0.382 e. The molecule has 2 saturated heterocycles. The molecule has 6 rings (SSSR count). The van der Waals surface area contributed by atoms with Gasteiger partial charge in [0.1, 0.15) is 29.7 Å². The summed E-state index contributed by atoms with van der Waals surface area (Å²) in [6.07, 6.45) is -1.10. The van der Waals surface area contributed by atoms with E-state index in [1.54, 1.807) is 16.7 Å². The number of nitrogen functional groups attached to an aromatic ring is 1. The minimum absolute atomic E-state index is 0.0160. The maximum atomic E-state index is 13.3. The second-order valence-corrected chi connectivity index (χ2v) is 15.3. The van der Waals surface area contributed by atoms with E-state index in [9.17, 15) is 14.3 Å². The Morgan fingerprint density at radius 3 is 2.79 bits per heavy atom. The molecule has 7 N–H and O–H groups in total. The summed E-state index contributed by atoms with van der Waals surface area (Å²) in [7, 11) is 0. The van der Waals surface area contributed by atoms with Crippen LogP contribution in [-0.4, -0.2) is 67.4 Å². The molecule has 8 atom stereocenters. The number of para-hydroxylation sites is 1. The van der Waals surface area contributed by atoms with Crippen molar-refractivity contribution in [2.24, 2.45) is 10.8 Å². The Morgan fingerprint density at radius 2 is 2.02 bits per heavy atom. The Morgan fingerprint density at radius 1 is 1.24 bits per heavy atom. The molecule has 0 spiro atoms. The van der Waals surface area contributed by atoms with Crippen molar-refractivity contribution in [2.75, 3.05) is 17.7 Å². The molecule has 1 saturated carbocycles. The Labute approximate surface area is 248 Å². The van der Waals surface area contributed by atoms with Crippen molar-refractivity contribution >= 4 is 71.8 Å². The molecule has 17 nitrogen and oxygen atoms in total. The van der Waals surface area contributed by atoms with Crippen LogP contribution >= 0.6 is 25.8 Å². The van der Waals surface area contributed by atoms with Gasteiger partial charge in [0.25, 0.3) is 5.91 Å². The van der Waals surface area contributed by atoms with Crippen LogP contribution in [0.5, 0.6) is 0 Å². The molecular weight excluding hydrogens is 632 g/mol. The average Bonchev–Trinajstić information content (AvgIpc) is 3.53. The second-order valence-electron chi connectivity index (χ2n) is 9.72. The van der Waals surface area contributed by atoms with E-state index >= 15 is 0 Å². The minimum atomic E-state index is -4.01. The SMILES string of the molecule is N=Nc1c(N[C@@H]2C[C@@H]3OP(O)(=S)O[C@@H]4C[C@@H](COP(=O)(S)O[C@H]32)O[C@H]4n2cnc3c(N)ncnc32)cccc1C(N)=O. The lowest BCUT2D eigenvalue weighted by atomic mass is 9.85. The number of carbonyl (C=O) groups is 1. The number of anilines is 2. The summed E-state index contributed by atoms with van der Waals surface area (Å²) in [6, 6.07) is 4.00. The van der Waals surface area contributed by atoms with Crippen LogP contribution in [0.4, 0.5) is 17.2 Å². The number of nitrogens with two attached hydrogens (primary N) is 2. The highest BCUT2D eigenvalue weighted by Crippen LogP contribution is 2.60. The summed E-state index contributed by atoms with van der Waals surface area (Å²) in [6.45, 7) is -8.13. The number of nitrogens with one attached hydrogen (secondary N) is 2. The Hall–Kier alpha value is -2.57. The number of primary amides is 1. The zero-order valence-corrected chi connectivity index (χ0v) is 24.9. The first-order valence-corrected chi connectivity index (χ1v) is 17.7. The average molecular weight is 658 g/mol. The number of fused-ring (bicyclic) bond motifs is 4. The number of ether oxygens (including phenoxy) is 1. The highest BCUT2D eigenvalue weighted by Gasteiger charge is 2.51. The molecular formula is C21H25N9O8P2S2. The van der Waals surface area contributed by atoms with E-state index in [4.69, 9.17) is 51.6 Å². The van der Waals surface area contributed by atoms with Crippen LogP contribution in [0, 0.1) is 5.53 Å². The summed E-state index contributed by atoms with van der Waals surface area (Å²) in [5.41, 5.74) is 19.9. The third-order valence-corrected chi connectivity index (χ3v) is 10.2. The van der Waals surface area contributed by atoms with Crippen molar-refractivity contribution in [1.29, 1.82) is 5.53 Å². The third kappa shape index (κ3) is 5.69. The first-order valence-electron chi connectivity index (χ1n) is 12.5.